The molecule has 0 unspecified atom stereocenters. The lowest BCUT2D eigenvalue weighted by molar-refractivity contribution is 0.464. The van der Waals surface area contributed by atoms with Crippen LogP contribution in [0.3, 0.4) is 0 Å². The fourth-order valence-electron chi connectivity index (χ4n) is 2.10. The van der Waals surface area contributed by atoms with Crippen LogP contribution >= 0.6 is 11.6 Å². The highest BCUT2D eigenvalue weighted by Crippen LogP contribution is 2.24. The highest BCUT2D eigenvalue weighted by molar-refractivity contribution is 6.31. The van der Waals surface area contributed by atoms with Crippen molar-refractivity contribution in [1.29, 1.82) is 0 Å². The lowest BCUT2D eigenvalue weighted by atomic mass is 10.1. The predicted molar refractivity (Wildman–Crippen MR) is 79.7 cm³/mol. The van der Waals surface area contributed by atoms with Gasteiger partial charge in [-0.25, -0.2) is 4.39 Å². The van der Waals surface area contributed by atoms with Gasteiger partial charge >= 0.3 is 0 Å². The second kappa shape index (κ2) is 6.73. The summed E-state index contributed by atoms with van der Waals surface area (Å²) in [5, 5.41) is 13.5. The second-order valence-electron chi connectivity index (χ2n) is 4.74. The number of hydrogen-bond acceptors (Lipinski definition) is 2. The van der Waals surface area contributed by atoms with E-state index < -0.39 is 0 Å². The van der Waals surface area contributed by atoms with E-state index in [-0.39, 0.29) is 11.6 Å². The number of phenols is 1. The third kappa shape index (κ3) is 3.71. The Balaban J connectivity index is 1.88. The van der Waals surface area contributed by atoms with E-state index in [1.807, 2.05) is 6.92 Å². The standard InChI is InChI=1S/C16H17ClFNO/c1-11-9-13(18)6-5-12(11)7-8-19-10-14-15(17)3-2-4-16(14)20/h2-6,9,19-20H,7-8,10H2,1H3. The van der Waals surface area contributed by atoms with Gasteiger partial charge in [0.15, 0.2) is 0 Å². The summed E-state index contributed by atoms with van der Waals surface area (Å²) in [6.07, 6.45) is 0.803. The van der Waals surface area contributed by atoms with Gasteiger partial charge in [0.25, 0.3) is 0 Å². The first-order valence-electron chi connectivity index (χ1n) is 6.50. The van der Waals surface area contributed by atoms with Crippen molar-refractivity contribution in [3.63, 3.8) is 0 Å². The molecule has 2 aromatic rings. The number of phenolic OH excluding ortho intramolecular Hbond substituents is 1. The molecule has 2 rings (SSSR count). The Morgan fingerprint density at radius 3 is 2.75 bits per heavy atom. The number of benzene rings is 2. The Hall–Kier alpha value is -1.58. The molecule has 0 bridgehead atoms. The molecule has 20 heavy (non-hydrogen) atoms. The van der Waals surface area contributed by atoms with Gasteiger partial charge in [-0.1, -0.05) is 23.7 Å². The Morgan fingerprint density at radius 1 is 1.25 bits per heavy atom. The molecular weight excluding hydrogens is 277 g/mol. The smallest absolute Gasteiger partial charge is 0.123 e. The SMILES string of the molecule is Cc1cc(F)ccc1CCNCc1c(O)cccc1Cl. The van der Waals surface area contributed by atoms with E-state index in [2.05, 4.69) is 5.32 Å². The largest absolute Gasteiger partial charge is 0.508 e. The topological polar surface area (TPSA) is 32.3 Å². The van der Waals surface area contributed by atoms with E-state index in [4.69, 9.17) is 11.6 Å². The minimum atomic E-state index is -0.208. The van der Waals surface area contributed by atoms with Gasteiger partial charge in [-0.2, -0.15) is 0 Å². The summed E-state index contributed by atoms with van der Waals surface area (Å²) < 4.78 is 13.0. The molecule has 0 atom stereocenters. The molecule has 0 aromatic heterocycles. The van der Waals surface area contributed by atoms with Gasteiger partial charge in [-0.3, -0.25) is 0 Å². The molecule has 0 saturated carbocycles. The van der Waals surface area contributed by atoms with Crippen molar-refractivity contribution >= 4 is 11.6 Å². The van der Waals surface area contributed by atoms with Gasteiger partial charge in [0.1, 0.15) is 11.6 Å². The van der Waals surface area contributed by atoms with E-state index in [1.54, 1.807) is 24.3 Å². The van der Waals surface area contributed by atoms with Crippen molar-refractivity contribution in [2.75, 3.05) is 6.54 Å². The molecule has 0 radical (unpaired) electrons. The van der Waals surface area contributed by atoms with Crippen LogP contribution in [0.2, 0.25) is 5.02 Å². The molecule has 2 N–H and O–H groups in total. The van der Waals surface area contributed by atoms with E-state index in [0.717, 1.165) is 24.1 Å². The van der Waals surface area contributed by atoms with Crippen LogP contribution in [0.25, 0.3) is 0 Å². The summed E-state index contributed by atoms with van der Waals surface area (Å²) in [5.74, 6) is -0.0110. The highest BCUT2D eigenvalue weighted by Gasteiger charge is 2.05. The van der Waals surface area contributed by atoms with Gasteiger partial charge in [0.05, 0.1) is 0 Å². The minimum Gasteiger partial charge on any atom is -0.508 e. The fourth-order valence-corrected chi connectivity index (χ4v) is 2.33. The summed E-state index contributed by atoms with van der Waals surface area (Å²) in [6, 6.07) is 9.90. The Morgan fingerprint density at radius 2 is 2.05 bits per heavy atom. The van der Waals surface area contributed by atoms with Crippen molar-refractivity contribution in [2.45, 2.75) is 19.9 Å². The molecule has 0 spiro atoms. The lowest BCUT2D eigenvalue weighted by Crippen LogP contribution is -2.17. The molecule has 0 fully saturated rings. The molecule has 106 valence electrons. The number of halogens is 2. The first-order valence-corrected chi connectivity index (χ1v) is 6.88. The monoisotopic (exact) mass is 293 g/mol. The number of aryl methyl sites for hydroxylation is 1. The van der Waals surface area contributed by atoms with Crippen LogP contribution in [-0.4, -0.2) is 11.7 Å². The first-order chi connectivity index (χ1) is 9.58. The zero-order valence-corrected chi connectivity index (χ0v) is 12.0. The van der Waals surface area contributed by atoms with Crippen LogP contribution in [0.1, 0.15) is 16.7 Å². The molecular formula is C16H17ClFNO. The number of rotatable bonds is 5. The van der Waals surface area contributed by atoms with Crippen molar-refractivity contribution in [3.8, 4) is 5.75 Å². The van der Waals surface area contributed by atoms with Crippen molar-refractivity contribution in [3.05, 3.63) is 63.9 Å². The normalized spacial score (nSPS) is 10.8. The maximum absolute atomic E-state index is 13.0. The van der Waals surface area contributed by atoms with Gasteiger partial charge in [0.2, 0.25) is 0 Å². The fraction of sp³-hybridized carbons (Fsp3) is 0.250. The minimum absolute atomic E-state index is 0.197. The van der Waals surface area contributed by atoms with Crippen molar-refractivity contribution in [2.24, 2.45) is 0 Å². The Labute approximate surface area is 123 Å². The van der Waals surface area contributed by atoms with Crippen LogP contribution < -0.4 is 5.32 Å². The summed E-state index contributed by atoms with van der Waals surface area (Å²) in [4.78, 5) is 0. The van der Waals surface area contributed by atoms with Gasteiger partial charge in [0, 0.05) is 17.1 Å². The average Bonchev–Trinajstić information content (AvgIpc) is 2.39. The summed E-state index contributed by atoms with van der Waals surface area (Å²) in [7, 11) is 0. The number of nitrogens with one attached hydrogen (secondary N) is 1. The second-order valence-corrected chi connectivity index (χ2v) is 5.14. The molecule has 0 saturated heterocycles. The van der Waals surface area contributed by atoms with Gasteiger partial charge < -0.3 is 10.4 Å². The summed E-state index contributed by atoms with van der Waals surface area (Å²) in [5.41, 5.74) is 2.76. The molecule has 0 heterocycles. The zero-order chi connectivity index (χ0) is 14.5. The maximum Gasteiger partial charge on any atom is 0.123 e. The van der Waals surface area contributed by atoms with Gasteiger partial charge in [-0.05, 0) is 55.3 Å². The summed E-state index contributed by atoms with van der Waals surface area (Å²) >= 11 is 6.03. The molecule has 0 aliphatic carbocycles. The zero-order valence-electron chi connectivity index (χ0n) is 11.3. The average molecular weight is 294 g/mol. The van der Waals surface area contributed by atoms with E-state index in [0.29, 0.717) is 17.1 Å². The van der Waals surface area contributed by atoms with Crippen LogP contribution in [0.5, 0.6) is 5.75 Å². The summed E-state index contributed by atoms with van der Waals surface area (Å²) in [6.45, 7) is 3.14. The highest BCUT2D eigenvalue weighted by atomic mass is 35.5. The third-order valence-corrected chi connectivity index (χ3v) is 3.63. The maximum atomic E-state index is 13.0. The lowest BCUT2D eigenvalue weighted by Gasteiger charge is -2.10. The molecule has 2 aromatic carbocycles. The molecule has 0 aliphatic rings. The quantitative estimate of drug-likeness (QED) is 0.821. The van der Waals surface area contributed by atoms with Crippen LogP contribution in [0.4, 0.5) is 4.39 Å². The number of hydrogen-bond donors (Lipinski definition) is 2. The van der Waals surface area contributed by atoms with E-state index >= 15 is 0 Å². The van der Waals surface area contributed by atoms with Crippen LogP contribution in [0.15, 0.2) is 36.4 Å². The first kappa shape index (κ1) is 14.8. The number of aromatic hydroxyl groups is 1. The van der Waals surface area contributed by atoms with Crippen molar-refractivity contribution < 1.29 is 9.50 Å². The van der Waals surface area contributed by atoms with Crippen LogP contribution in [-0.2, 0) is 13.0 Å². The van der Waals surface area contributed by atoms with E-state index in [1.165, 1.54) is 12.1 Å². The predicted octanol–water partition coefficient (Wildman–Crippen LogP) is 3.83. The Bertz CT molecular complexity index is 581. The third-order valence-electron chi connectivity index (χ3n) is 3.27. The van der Waals surface area contributed by atoms with Crippen molar-refractivity contribution in [1.82, 2.24) is 5.32 Å². The van der Waals surface area contributed by atoms with Crippen LogP contribution in [0, 0.1) is 12.7 Å². The molecule has 4 heteroatoms. The Kier molecular flexibility index (Phi) is 4.99. The molecule has 0 amide bonds. The van der Waals surface area contributed by atoms with E-state index in [9.17, 15) is 9.50 Å². The molecule has 0 aliphatic heterocycles. The van der Waals surface area contributed by atoms with Gasteiger partial charge in [-0.15, -0.1) is 0 Å². The molecule has 2 nitrogen and oxygen atoms in total.